The Balaban J connectivity index is 1.90. The molecule has 3 rings (SSSR count). The maximum atomic E-state index is 13.1. The van der Waals surface area contributed by atoms with Gasteiger partial charge < -0.3 is 10.1 Å². The summed E-state index contributed by atoms with van der Waals surface area (Å²) >= 11 is 0. The van der Waals surface area contributed by atoms with Gasteiger partial charge in [-0.15, -0.1) is 0 Å². The molecule has 0 aromatic heterocycles. The topological polar surface area (TPSA) is 75.7 Å². The first kappa shape index (κ1) is 23.1. The summed E-state index contributed by atoms with van der Waals surface area (Å²) in [4.78, 5) is 13.1. The lowest BCUT2D eigenvalue weighted by Crippen LogP contribution is -2.45. The number of ether oxygens (including phenoxy) is 1. The molecule has 1 aliphatic rings. The Labute approximate surface area is 185 Å². The summed E-state index contributed by atoms with van der Waals surface area (Å²) in [5.74, 6) is 0.400. The third kappa shape index (κ3) is 5.21. The fraction of sp³-hybridized carbons (Fsp3) is 0.458. The smallest absolute Gasteiger partial charge is 0.241 e. The number of amides is 1. The third-order valence-corrected chi connectivity index (χ3v) is 6.64. The zero-order chi connectivity index (χ0) is 23.1. The predicted octanol–water partition coefficient (Wildman–Crippen LogP) is 4.10. The molecule has 0 fully saturated rings. The van der Waals surface area contributed by atoms with Crippen LogP contribution in [0.2, 0.25) is 0 Å². The van der Waals surface area contributed by atoms with Crippen LogP contribution in [0.3, 0.4) is 0 Å². The quantitative estimate of drug-likeness (QED) is 0.753. The van der Waals surface area contributed by atoms with Gasteiger partial charge in [-0.3, -0.25) is 9.10 Å². The van der Waals surface area contributed by atoms with Crippen LogP contribution in [0.4, 0.5) is 5.69 Å². The van der Waals surface area contributed by atoms with E-state index in [1.165, 1.54) is 4.31 Å². The van der Waals surface area contributed by atoms with Crippen molar-refractivity contribution in [2.75, 3.05) is 17.1 Å². The normalized spacial score (nSPS) is 17.5. The summed E-state index contributed by atoms with van der Waals surface area (Å²) in [5, 5.41) is 3.06. The van der Waals surface area contributed by atoms with Crippen LogP contribution >= 0.6 is 0 Å². The van der Waals surface area contributed by atoms with E-state index in [0.29, 0.717) is 12.1 Å². The monoisotopic (exact) mass is 444 g/mol. The number of sulfonamides is 1. The molecule has 0 bridgehead atoms. The number of benzene rings is 2. The van der Waals surface area contributed by atoms with Crippen molar-refractivity contribution in [2.24, 2.45) is 0 Å². The predicted molar refractivity (Wildman–Crippen MR) is 124 cm³/mol. The van der Waals surface area contributed by atoms with Crippen LogP contribution in [-0.2, 0) is 14.8 Å². The maximum Gasteiger partial charge on any atom is 0.241 e. The summed E-state index contributed by atoms with van der Waals surface area (Å²) in [6.07, 6.45) is 1.73. The van der Waals surface area contributed by atoms with E-state index in [4.69, 9.17) is 4.74 Å². The van der Waals surface area contributed by atoms with Crippen molar-refractivity contribution in [1.82, 2.24) is 5.32 Å². The van der Waals surface area contributed by atoms with Crippen LogP contribution < -0.4 is 14.4 Å². The summed E-state index contributed by atoms with van der Waals surface area (Å²) in [7, 11) is -3.65. The first-order valence-corrected chi connectivity index (χ1v) is 12.3. The molecular weight excluding hydrogens is 412 g/mol. The van der Waals surface area contributed by atoms with E-state index in [0.717, 1.165) is 39.8 Å². The Kier molecular flexibility index (Phi) is 6.11. The van der Waals surface area contributed by atoms with E-state index >= 15 is 0 Å². The molecule has 0 aliphatic carbocycles. The van der Waals surface area contributed by atoms with E-state index < -0.39 is 15.6 Å². The largest absolute Gasteiger partial charge is 0.487 e. The Bertz CT molecular complexity index is 1100. The molecule has 1 N–H and O–H groups in total. The van der Waals surface area contributed by atoms with Gasteiger partial charge in [0.15, 0.2) is 0 Å². The Morgan fingerprint density at radius 1 is 1.10 bits per heavy atom. The number of anilines is 1. The highest BCUT2D eigenvalue weighted by molar-refractivity contribution is 7.92. The van der Waals surface area contributed by atoms with Gasteiger partial charge in [0.2, 0.25) is 15.9 Å². The Morgan fingerprint density at radius 2 is 1.71 bits per heavy atom. The summed E-state index contributed by atoms with van der Waals surface area (Å²) < 4.78 is 32.5. The van der Waals surface area contributed by atoms with Crippen molar-refractivity contribution in [2.45, 2.75) is 59.6 Å². The molecule has 168 valence electrons. The van der Waals surface area contributed by atoms with Gasteiger partial charge in [0.1, 0.15) is 17.9 Å². The van der Waals surface area contributed by atoms with E-state index in [1.54, 1.807) is 0 Å². The standard InChI is InChI=1S/C24H32N2O4S/c1-15-8-9-21-19(12-15)20(13-24(5,6)30-21)25-22(27)14-26(31(7,28)29)23-17(3)10-16(2)11-18(23)4/h8-12,20H,13-14H2,1-7H3,(H,25,27)/t20-/m1/s1. The molecule has 2 aromatic rings. The summed E-state index contributed by atoms with van der Waals surface area (Å²) in [5.41, 5.74) is 4.81. The van der Waals surface area contributed by atoms with Crippen molar-refractivity contribution >= 4 is 21.6 Å². The minimum atomic E-state index is -3.65. The second-order valence-corrected chi connectivity index (χ2v) is 11.2. The lowest BCUT2D eigenvalue weighted by Gasteiger charge is -2.38. The van der Waals surface area contributed by atoms with Crippen molar-refractivity contribution in [3.05, 3.63) is 58.1 Å². The number of nitrogens with one attached hydrogen (secondary N) is 1. The molecule has 1 heterocycles. The van der Waals surface area contributed by atoms with Crippen LogP contribution in [0.5, 0.6) is 5.75 Å². The highest BCUT2D eigenvalue weighted by Gasteiger charge is 2.35. The number of carbonyl (C=O) groups excluding carboxylic acids is 1. The van der Waals surface area contributed by atoms with Gasteiger partial charge >= 0.3 is 0 Å². The average Bonchev–Trinajstić information content (AvgIpc) is 2.59. The lowest BCUT2D eigenvalue weighted by molar-refractivity contribution is -0.120. The number of carbonyl (C=O) groups is 1. The van der Waals surface area contributed by atoms with Gasteiger partial charge in [-0.25, -0.2) is 8.42 Å². The number of aryl methyl sites for hydroxylation is 4. The molecule has 0 spiro atoms. The highest BCUT2D eigenvalue weighted by atomic mass is 32.2. The highest BCUT2D eigenvalue weighted by Crippen LogP contribution is 2.40. The number of rotatable bonds is 5. The van der Waals surface area contributed by atoms with Gasteiger partial charge in [-0.1, -0.05) is 35.4 Å². The molecule has 1 aliphatic heterocycles. The first-order chi connectivity index (χ1) is 14.3. The fourth-order valence-electron chi connectivity index (χ4n) is 4.40. The van der Waals surface area contributed by atoms with Gasteiger partial charge in [-0.05, 0) is 58.7 Å². The Hall–Kier alpha value is -2.54. The first-order valence-electron chi connectivity index (χ1n) is 10.4. The van der Waals surface area contributed by atoms with Crippen molar-refractivity contribution in [1.29, 1.82) is 0 Å². The SMILES string of the molecule is Cc1cc(C)c(N(CC(=O)N[C@@H]2CC(C)(C)Oc3ccc(C)cc32)S(C)(=O)=O)c(C)c1. The maximum absolute atomic E-state index is 13.1. The molecule has 31 heavy (non-hydrogen) atoms. The third-order valence-electron chi connectivity index (χ3n) is 5.53. The minimum Gasteiger partial charge on any atom is -0.487 e. The van der Waals surface area contributed by atoms with Crippen molar-refractivity contribution in [3.63, 3.8) is 0 Å². The second-order valence-electron chi connectivity index (χ2n) is 9.24. The fourth-order valence-corrected chi connectivity index (χ4v) is 5.37. The van der Waals surface area contributed by atoms with Crippen LogP contribution in [0, 0.1) is 27.7 Å². The zero-order valence-electron chi connectivity index (χ0n) is 19.4. The molecule has 0 saturated heterocycles. The van der Waals surface area contributed by atoms with Gasteiger partial charge in [0.25, 0.3) is 0 Å². The Morgan fingerprint density at radius 3 is 2.29 bits per heavy atom. The van der Waals surface area contributed by atoms with E-state index in [9.17, 15) is 13.2 Å². The second kappa shape index (κ2) is 8.19. The van der Waals surface area contributed by atoms with E-state index in [1.807, 2.05) is 71.9 Å². The van der Waals surface area contributed by atoms with Crippen LogP contribution in [0.15, 0.2) is 30.3 Å². The van der Waals surface area contributed by atoms with Crippen LogP contribution in [0.25, 0.3) is 0 Å². The van der Waals surface area contributed by atoms with Gasteiger partial charge in [-0.2, -0.15) is 0 Å². The number of nitrogens with zero attached hydrogens (tertiary/aromatic N) is 1. The number of hydrogen-bond donors (Lipinski definition) is 1. The van der Waals surface area contributed by atoms with Crippen molar-refractivity contribution < 1.29 is 17.9 Å². The van der Waals surface area contributed by atoms with E-state index in [-0.39, 0.29) is 18.5 Å². The van der Waals surface area contributed by atoms with Crippen molar-refractivity contribution in [3.8, 4) is 5.75 Å². The molecule has 7 heteroatoms. The molecule has 2 aromatic carbocycles. The van der Waals surface area contributed by atoms with Gasteiger partial charge in [0, 0.05) is 12.0 Å². The molecule has 6 nitrogen and oxygen atoms in total. The minimum absolute atomic E-state index is 0.257. The lowest BCUT2D eigenvalue weighted by atomic mass is 9.89. The number of fused-ring (bicyclic) bond motifs is 1. The molecule has 1 atom stereocenters. The molecule has 0 unspecified atom stereocenters. The summed E-state index contributed by atoms with van der Waals surface area (Å²) in [6, 6.07) is 9.52. The molecule has 0 radical (unpaired) electrons. The van der Waals surface area contributed by atoms with E-state index in [2.05, 4.69) is 5.32 Å². The average molecular weight is 445 g/mol. The van der Waals surface area contributed by atoms with Crippen LogP contribution in [0.1, 0.15) is 54.1 Å². The number of hydrogen-bond acceptors (Lipinski definition) is 4. The zero-order valence-corrected chi connectivity index (χ0v) is 20.2. The summed E-state index contributed by atoms with van der Waals surface area (Å²) in [6.45, 7) is 11.4. The molecule has 1 amide bonds. The van der Waals surface area contributed by atoms with Gasteiger partial charge in [0.05, 0.1) is 18.0 Å². The van der Waals surface area contributed by atoms with Crippen LogP contribution in [-0.4, -0.2) is 32.7 Å². The molecular formula is C24H32N2O4S. The molecule has 0 saturated carbocycles.